The van der Waals surface area contributed by atoms with E-state index in [1.54, 1.807) is 0 Å². The zero-order chi connectivity index (χ0) is 18.0. The summed E-state index contributed by atoms with van der Waals surface area (Å²) in [5.41, 5.74) is 0.817. The van der Waals surface area contributed by atoms with Crippen molar-refractivity contribution in [3.63, 3.8) is 0 Å². The number of carbonyl (C=O) groups excluding carboxylic acids is 1. The number of ether oxygens (including phenoxy) is 1. The first-order valence-electron chi connectivity index (χ1n) is 9.98. The molecule has 1 aromatic rings. The molecule has 2 atom stereocenters. The topological polar surface area (TPSA) is 50.4 Å². The first-order chi connectivity index (χ1) is 12.7. The third kappa shape index (κ3) is 3.87. The highest BCUT2D eigenvalue weighted by atomic mass is 35.5. The van der Waals surface area contributed by atoms with Crippen LogP contribution in [0.25, 0.3) is 0 Å². The first-order valence-corrected chi connectivity index (χ1v) is 10.4. The zero-order valence-corrected chi connectivity index (χ0v) is 17.3. The standard InChI is InChI=1S/C21H29ClN2O2.ClH/c22-18-7-2-1-6-17(18)20(9-11-26-12-10-20)14-24-19(25)21-8-4-3-5-16(21)13-23-15-21;/h1-2,6-7,16,23H,3-5,8-15H2,(H,24,25);1H/t16-,21+;/m0./s1. The van der Waals surface area contributed by atoms with Gasteiger partial charge in [0.2, 0.25) is 5.91 Å². The Balaban J connectivity index is 0.00000210. The van der Waals surface area contributed by atoms with E-state index in [0.29, 0.717) is 12.5 Å². The lowest BCUT2D eigenvalue weighted by Gasteiger charge is -2.41. The quantitative estimate of drug-likeness (QED) is 0.792. The molecule has 1 amide bonds. The average molecular weight is 413 g/mol. The number of carbonyl (C=O) groups is 1. The van der Waals surface area contributed by atoms with Crippen molar-refractivity contribution in [1.29, 1.82) is 0 Å². The summed E-state index contributed by atoms with van der Waals surface area (Å²) in [5.74, 6) is 0.729. The zero-order valence-electron chi connectivity index (χ0n) is 15.8. The predicted molar refractivity (Wildman–Crippen MR) is 111 cm³/mol. The lowest BCUT2D eigenvalue weighted by Crippen LogP contribution is -2.52. The van der Waals surface area contributed by atoms with Crippen LogP contribution in [0, 0.1) is 11.3 Å². The number of hydrogen-bond acceptors (Lipinski definition) is 3. The van der Waals surface area contributed by atoms with Gasteiger partial charge >= 0.3 is 0 Å². The van der Waals surface area contributed by atoms with Crippen LogP contribution in [0.1, 0.15) is 44.1 Å². The normalized spacial score (nSPS) is 29.4. The molecule has 0 spiro atoms. The number of rotatable bonds is 4. The van der Waals surface area contributed by atoms with Crippen molar-refractivity contribution in [2.75, 3.05) is 32.8 Å². The molecule has 2 saturated heterocycles. The van der Waals surface area contributed by atoms with E-state index in [4.69, 9.17) is 16.3 Å². The number of hydrogen-bond donors (Lipinski definition) is 2. The minimum absolute atomic E-state index is 0. The Morgan fingerprint density at radius 1 is 1.22 bits per heavy atom. The molecule has 0 unspecified atom stereocenters. The summed E-state index contributed by atoms with van der Waals surface area (Å²) >= 11 is 6.54. The average Bonchev–Trinajstić information content (AvgIpc) is 3.12. The van der Waals surface area contributed by atoms with Gasteiger partial charge in [0.15, 0.2) is 0 Å². The Hall–Kier alpha value is -0.810. The van der Waals surface area contributed by atoms with Gasteiger partial charge in [-0.05, 0) is 49.8 Å². The number of fused-ring (bicyclic) bond motifs is 1. The Kier molecular flexibility index (Phi) is 6.73. The Bertz CT molecular complexity index is 663. The fraction of sp³-hybridized carbons (Fsp3) is 0.667. The number of amides is 1. The van der Waals surface area contributed by atoms with Crippen LogP contribution in [0.2, 0.25) is 5.02 Å². The Morgan fingerprint density at radius 2 is 2.00 bits per heavy atom. The van der Waals surface area contributed by atoms with Crippen molar-refractivity contribution in [2.24, 2.45) is 11.3 Å². The third-order valence-electron chi connectivity index (χ3n) is 6.97. The Labute approximate surface area is 173 Å². The molecule has 4 rings (SSSR count). The summed E-state index contributed by atoms with van der Waals surface area (Å²) in [7, 11) is 0. The fourth-order valence-corrected chi connectivity index (χ4v) is 5.65. The van der Waals surface area contributed by atoms with E-state index < -0.39 is 0 Å². The smallest absolute Gasteiger partial charge is 0.227 e. The van der Waals surface area contributed by atoms with Crippen LogP contribution in [0.5, 0.6) is 0 Å². The maximum Gasteiger partial charge on any atom is 0.227 e. The van der Waals surface area contributed by atoms with Crippen LogP contribution >= 0.6 is 24.0 Å². The fourth-order valence-electron chi connectivity index (χ4n) is 5.31. The molecule has 6 heteroatoms. The van der Waals surface area contributed by atoms with Gasteiger partial charge in [-0.15, -0.1) is 12.4 Å². The minimum atomic E-state index is -0.203. The van der Waals surface area contributed by atoms with Crippen molar-refractivity contribution >= 4 is 29.9 Å². The molecule has 0 bridgehead atoms. The van der Waals surface area contributed by atoms with E-state index in [-0.39, 0.29) is 29.1 Å². The lowest BCUT2D eigenvalue weighted by molar-refractivity contribution is -0.134. The van der Waals surface area contributed by atoms with E-state index >= 15 is 0 Å². The van der Waals surface area contributed by atoms with Gasteiger partial charge in [0.1, 0.15) is 0 Å². The molecule has 2 N–H and O–H groups in total. The molecule has 1 saturated carbocycles. The Morgan fingerprint density at radius 3 is 2.78 bits per heavy atom. The van der Waals surface area contributed by atoms with Crippen molar-refractivity contribution in [3.05, 3.63) is 34.9 Å². The van der Waals surface area contributed by atoms with Gasteiger partial charge in [0, 0.05) is 36.7 Å². The van der Waals surface area contributed by atoms with Crippen LogP contribution < -0.4 is 10.6 Å². The van der Waals surface area contributed by atoms with Crippen LogP contribution in [0.3, 0.4) is 0 Å². The molecule has 3 aliphatic rings. The van der Waals surface area contributed by atoms with E-state index in [9.17, 15) is 4.79 Å². The molecule has 150 valence electrons. The molecule has 1 aromatic carbocycles. The summed E-state index contributed by atoms with van der Waals surface area (Å²) in [6, 6.07) is 8.06. The molecule has 0 radical (unpaired) electrons. The first kappa shape index (κ1) is 20.9. The van der Waals surface area contributed by atoms with Gasteiger partial charge in [-0.2, -0.15) is 0 Å². The molecule has 2 aliphatic heterocycles. The van der Waals surface area contributed by atoms with Crippen LogP contribution in [-0.2, 0) is 14.9 Å². The third-order valence-corrected chi connectivity index (χ3v) is 7.30. The van der Waals surface area contributed by atoms with E-state index in [1.165, 1.54) is 12.8 Å². The van der Waals surface area contributed by atoms with Gasteiger partial charge in [0.05, 0.1) is 5.41 Å². The second kappa shape index (κ2) is 8.69. The van der Waals surface area contributed by atoms with Crippen LogP contribution in [-0.4, -0.2) is 38.8 Å². The van der Waals surface area contributed by atoms with Gasteiger partial charge in [-0.25, -0.2) is 0 Å². The maximum absolute atomic E-state index is 13.3. The minimum Gasteiger partial charge on any atom is -0.381 e. The van der Waals surface area contributed by atoms with Gasteiger partial charge in [-0.3, -0.25) is 4.79 Å². The number of halogens is 2. The summed E-state index contributed by atoms with van der Waals surface area (Å²) in [6.07, 6.45) is 6.39. The molecule has 2 heterocycles. The van der Waals surface area contributed by atoms with Crippen molar-refractivity contribution < 1.29 is 9.53 Å². The molecule has 1 aliphatic carbocycles. The molecule has 27 heavy (non-hydrogen) atoms. The van der Waals surface area contributed by atoms with Crippen molar-refractivity contribution in [1.82, 2.24) is 10.6 Å². The molecular weight excluding hydrogens is 383 g/mol. The molecule has 0 aromatic heterocycles. The van der Waals surface area contributed by atoms with Gasteiger partial charge < -0.3 is 15.4 Å². The maximum atomic E-state index is 13.3. The van der Waals surface area contributed by atoms with E-state index in [0.717, 1.165) is 62.6 Å². The molecule has 3 fully saturated rings. The summed E-state index contributed by atoms with van der Waals surface area (Å²) < 4.78 is 5.61. The summed E-state index contributed by atoms with van der Waals surface area (Å²) in [5, 5.41) is 7.62. The van der Waals surface area contributed by atoms with E-state index in [2.05, 4.69) is 16.7 Å². The van der Waals surface area contributed by atoms with Gasteiger partial charge in [0.25, 0.3) is 0 Å². The van der Waals surface area contributed by atoms with Crippen molar-refractivity contribution in [2.45, 2.75) is 43.9 Å². The monoisotopic (exact) mass is 412 g/mol. The van der Waals surface area contributed by atoms with E-state index in [1.807, 2.05) is 18.2 Å². The van der Waals surface area contributed by atoms with Crippen LogP contribution in [0.4, 0.5) is 0 Å². The summed E-state index contributed by atoms with van der Waals surface area (Å²) in [6.45, 7) is 3.89. The molecule has 4 nitrogen and oxygen atoms in total. The second-order valence-electron chi connectivity index (χ2n) is 8.28. The number of nitrogens with one attached hydrogen (secondary N) is 2. The largest absolute Gasteiger partial charge is 0.381 e. The highest BCUT2D eigenvalue weighted by Crippen LogP contribution is 2.44. The van der Waals surface area contributed by atoms with Gasteiger partial charge in [-0.1, -0.05) is 42.6 Å². The lowest BCUT2D eigenvalue weighted by atomic mass is 9.67. The summed E-state index contributed by atoms with van der Waals surface area (Å²) in [4.78, 5) is 13.3. The van der Waals surface area contributed by atoms with Crippen molar-refractivity contribution in [3.8, 4) is 0 Å². The van der Waals surface area contributed by atoms with Crippen LogP contribution in [0.15, 0.2) is 24.3 Å². The number of benzene rings is 1. The highest BCUT2D eigenvalue weighted by molar-refractivity contribution is 6.31. The highest BCUT2D eigenvalue weighted by Gasteiger charge is 2.50. The SMILES string of the molecule is Cl.O=C(NCC1(c2ccccc2Cl)CCOCC1)[C@@]12CCCC[C@H]1CNC2. The second-order valence-corrected chi connectivity index (χ2v) is 8.69. The predicted octanol–water partition coefficient (Wildman–Crippen LogP) is 3.71. The molecular formula is C21H30Cl2N2O2.